The second-order valence-electron chi connectivity index (χ2n) is 3.07. The molecule has 1 rings (SSSR count). The molecule has 1 heterocycles. The number of hydrogen-bond donors (Lipinski definition) is 3. The number of aliphatic hydroxyl groups excluding tert-OH is 1. The minimum Gasteiger partial charge on any atom is -0.392 e. The van der Waals surface area contributed by atoms with Crippen LogP contribution in [0, 0.1) is 0 Å². The molecule has 0 saturated heterocycles. The maximum atomic E-state index is 8.96. The first-order valence-electron chi connectivity index (χ1n) is 4.67. The Kier molecular flexibility index (Phi) is 4.88. The molecule has 0 aliphatic heterocycles. The van der Waals surface area contributed by atoms with Gasteiger partial charge in [0.2, 0.25) is 0 Å². The summed E-state index contributed by atoms with van der Waals surface area (Å²) in [4.78, 5) is 7.99. The van der Waals surface area contributed by atoms with Crippen molar-refractivity contribution in [2.45, 2.75) is 13.0 Å². The Morgan fingerprint density at radius 2 is 2.29 bits per heavy atom. The fourth-order valence-electron chi connectivity index (χ4n) is 0.980. The molecule has 1 atom stereocenters. The van der Waals surface area contributed by atoms with Crippen LogP contribution in [-0.4, -0.2) is 40.8 Å². The van der Waals surface area contributed by atoms with Gasteiger partial charge in [0.15, 0.2) is 0 Å². The highest BCUT2D eigenvalue weighted by Gasteiger charge is 1.94. The molecule has 14 heavy (non-hydrogen) atoms. The Balaban J connectivity index is 2.05. The minimum absolute atomic E-state index is 0.300. The van der Waals surface area contributed by atoms with Gasteiger partial charge in [0.25, 0.3) is 0 Å². The molecule has 0 radical (unpaired) electrons. The fraction of sp³-hybridized carbons (Fsp3) is 0.556. The number of hydrogen-bond acceptors (Lipinski definition) is 5. The van der Waals surface area contributed by atoms with Crippen molar-refractivity contribution in [1.82, 2.24) is 15.3 Å². The molecule has 0 amide bonds. The van der Waals surface area contributed by atoms with Gasteiger partial charge in [0.05, 0.1) is 12.3 Å². The van der Waals surface area contributed by atoms with E-state index in [0.29, 0.717) is 6.54 Å². The lowest BCUT2D eigenvalue weighted by Gasteiger charge is -2.07. The summed E-state index contributed by atoms with van der Waals surface area (Å²) in [6.45, 7) is 3.93. The molecular formula is C9H16N4O. The van der Waals surface area contributed by atoms with Crippen molar-refractivity contribution in [3.8, 4) is 0 Å². The molecule has 0 spiro atoms. The molecular weight excluding hydrogens is 180 g/mol. The molecule has 78 valence electrons. The topological polar surface area (TPSA) is 70.1 Å². The number of rotatable bonds is 6. The van der Waals surface area contributed by atoms with Gasteiger partial charge >= 0.3 is 0 Å². The van der Waals surface area contributed by atoms with Crippen LogP contribution in [0.5, 0.6) is 0 Å². The van der Waals surface area contributed by atoms with Crippen LogP contribution in [0.25, 0.3) is 0 Å². The van der Waals surface area contributed by atoms with Crippen molar-refractivity contribution in [1.29, 1.82) is 0 Å². The molecule has 0 aliphatic carbocycles. The smallest absolute Gasteiger partial charge is 0.144 e. The maximum Gasteiger partial charge on any atom is 0.144 e. The number of nitrogens with one attached hydrogen (secondary N) is 2. The van der Waals surface area contributed by atoms with E-state index in [2.05, 4.69) is 20.6 Å². The summed E-state index contributed by atoms with van der Waals surface area (Å²) in [6.07, 6.45) is 4.66. The van der Waals surface area contributed by atoms with E-state index in [4.69, 9.17) is 5.11 Å². The van der Waals surface area contributed by atoms with Gasteiger partial charge in [-0.05, 0) is 6.92 Å². The van der Waals surface area contributed by atoms with Gasteiger partial charge in [-0.25, -0.2) is 4.98 Å². The molecule has 1 aromatic heterocycles. The molecule has 1 unspecified atom stereocenters. The zero-order chi connectivity index (χ0) is 10.2. The van der Waals surface area contributed by atoms with Gasteiger partial charge in [0.1, 0.15) is 5.82 Å². The summed E-state index contributed by atoms with van der Waals surface area (Å²) >= 11 is 0. The third kappa shape index (κ3) is 4.74. The Morgan fingerprint density at radius 1 is 1.43 bits per heavy atom. The Labute approximate surface area is 83.6 Å². The molecule has 0 aliphatic rings. The van der Waals surface area contributed by atoms with E-state index in [0.717, 1.165) is 18.9 Å². The molecule has 0 fully saturated rings. The number of aliphatic hydroxyl groups is 1. The van der Waals surface area contributed by atoms with E-state index in [1.807, 2.05) is 0 Å². The largest absolute Gasteiger partial charge is 0.392 e. The molecule has 5 nitrogen and oxygen atoms in total. The van der Waals surface area contributed by atoms with Crippen molar-refractivity contribution in [2.75, 3.05) is 25.0 Å². The van der Waals surface area contributed by atoms with E-state index >= 15 is 0 Å². The zero-order valence-electron chi connectivity index (χ0n) is 8.27. The number of anilines is 1. The van der Waals surface area contributed by atoms with Gasteiger partial charge in [-0.1, -0.05) is 0 Å². The summed E-state index contributed by atoms with van der Waals surface area (Å²) in [7, 11) is 0. The van der Waals surface area contributed by atoms with Crippen molar-refractivity contribution in [3.63, 3.8) is 0 Å². The number of nitrogens with zero attached hydrogens (tertiary/aromatic N) is 2. The monoisotopic (exact) mass is 196 g/mol. The Hall–Kier alpha value is -1.20. The summed E-state index contributed by atoms with van der Waals surface area (Å²) in [5.74, 6) is 0.770. The lowest BCUT2D eigenvalue weighted by molar-refractivity contribution is 0.192. The van der Waals surface area contributed by atoms with E-state index in [-0.39, 0.29) is 6.10 Å². The SMILES string of the molecule is CC(O)CNCCNc1cnccn1. The summed E-state index contributed by atoms with van der Waals surface area (Å²) in [6, 6.07) is 0. The van der Waals surface area contributed by atoms with Gasteiger partial charge in [-0.3, -0.25) is 4.98 Å². The fourth-order valence-corrected chi connectivity index (χ4v) is 0.980. The van der Waals surface area contributed by atoms with Crippen LogP contribution in [0.15, 0.2) is 18.6 Å². The first-order valence-corrected chi connectivity index (χ1v) is 4.67. The first-order chi connectivity index (χ1) is 6.79. The van der Waals surface area contributed by atoms with Crippen LogP contribution in [0.4, 0.5) is 5.82 Å². The van der Waals surface area contributed by atoms with Crippen LogP contribution in [0.2, 0.25) is 0 Å². The molecule has 1 aromatic rings. The minimum atomic E-state index is -0.300. The quantitative estimate of drug-likeness (QED) is 0.552. The predicted octanol–water partition coefficient (Wildman–Crippen LogP) is -0.141. The number of aromatic nitrogens is 2. The molecule has 0 bridgehead atoms. The summed E-state index contributed by atoms with van der Waals surface area (Å²) < 4.78 is 0. The van der Waals surface area contributed by atoms with Gasteiger partial charge < -0.3 is 15.7 Å². The lowest BCUT2D eigenvalue weighted by Crippen LogP contribution is -2.29. The van der Waals surface area contributed by atoms with Crippen molar-refractivity contribution in [3.05, 3.63) is 18.6 Å². The second kappa shape index (κ2) is 6.28. The molecule has 0 aromatic carbocycles. The molecule has 5 heteroatoms. The highest BCUT2D eigenvalue weighted by molar-refractivity contribution is 5.29. The highest BCUT2D eigenvalue weighted by Crippen LogP contribution is 1.94. The van der Waals surface area contributed by atoms with Gasteiger partial charge in [0, 0.05) is 32.0 Å². The lowest BCUT2D eigenvalue weighted by atomic mass is 10.4. The first kappa shape index (κ1) is 10.9. The summed E-state index contributed by atoms with van der Waals surface area (Å²) in [5, 5.41) is 15.2. The van der Waals surface area contributed by atoms with Crippen LogP contribution in [0.3, 0.4) is 0 Å². The van der Waals surface area contributed by atoms with E-state index in [9.17, 15) is 0 Å². The van der Waals surface area contributed by atoms with Gasteiger partial charge in [-0.15, -0.1) is 0 Å². The molecule has 3 N–H and O–H groups in total. The van der Waals surface area contributed by atoms with Crippen LogP contribution < -0.4 is 10.6 Å². The average molecular weight is 196 g/mol. The standard InChI is InChI=1S/C9H16N4O/c1-8(14)6-10-2-4-12-9-7-11-3-5-13-9/h3,5,7-8,10,14H,2,4,6H2,1H3,(H,12,13). The van der Waals surface area contributed by atoms with Crippen LogP contribution in [0.1, 0.15) is 6.92 Å². The van der Waals surface area contributed by atoms with Crippen molar-refractivity contribution < 1.29 is 5.11 Å². The van der Waals surface area contributed by atoms with Crippen LogP contribution in [-0.2, 0) is 0 Å². The van der Waals surface area contributed by atoms with E-state index in [1.165, 1.54) is 0 Å². The highest BCUT2D eigenvalue weighted by atomic mass is 16.3. The predicted molar refractivity (Wildman–Crippen MR) is 55.1 cm³/mol. The Morgan fingerprint density at radius 3 is 2.93 bits per heavy atom. The normalized spacial score (nSPS) is 12.4. The maximum absolute atomic E-state index is 8.96. The second-order valence-corrected chi connectivity index (χ2v) is 3.07. The third-order valence-corrected chi connectivity index (χ3v) is 1.61. The average Bonchev–Trinajstić information content (AvgIpc) is 2.18. The van der Waals surface area contributed by atoms with Crippen molar-refractivity contribution >= 4 is 5.82 Å². The van der Waals surface area contributed by atoms with E-state index < -0.39 is 0 Å². The summed E-state index contributed by atoms with van der Waals surface area (Å²) in [5.41, 5.74) is 0. The van der Waals surface area contributed by atoms with Gasteiger partial charge in [-0.2, -0.15) is 0 Å². The van der Waals surface area contributed by atoms with Crippen molar-refractivity contribution in [2.24, 2.45) is 0 Å². The zero-order valence-corrected chi connectivity index (χ0v) is 8.27. The van der Waals surface area contributed by atoms with Crippen LogP contribution >= 0.6 is 0 Å². The van der Waals surface area contributed by atoms with E-state index in [1.54, 1.807) is 25.5 Å². The third-order valence-electron chi connectivity index (χ3n) is 1.61. The molecule has 0 saturated carbocycles. The Bertz CT molecular complexity index is 240.